The number of nitrogens with zero attached hydrogens (tertiary/aromatic N) is 1. The highest BCUT2D eigenvalue weighted by Gasteiger charge is 2.38. The van der Waals surface area contributed by atoms with Gasteiger partial charge in [0.1, 0.15) is 6.10 Å². The molecule has 0 spiro atoms. The highest BCUT2D eigenvalue weighted by atomic mass is 16.5. The van der Waals surface area contributed by atoms with Crippen molar-refractivity contribution in [2.24, 2.45) is 5.92 Å². The van der Waals surface area contributed by atoms with Gasteiger partial charge in [-0.25, -0.2) is 0 Å². The fourth-order valence-corrected chi connectivity index (χ4v) is 2.04. The summed E-state index contributed by atoms with van der Waals surface area (Å²) in [5, 5.41) is 12.7. The molecule has 0 radical (unpaired) electrons. The molecule has 2 saturated heterocycles. The second-order valence-electron chi connectivity index (χ2n) is 4.16. The Labute approximate surface area is 89.4 Å². The molecule has 2 atom stereocenters. The fourth-order valence-electron chi connectivity index (χ4n) is 2.04. The van der Waals surface area contributed by atoms with Gasteiger partial charge in [-0.3, -0.25) is 4.79 Å². The second-order valence-corrected chi connectivity index (χ2v) is 4.16. The molecular weight excluding hydrogens is 196 g/mol. The van der Waals surface area contributed by atoms with E-state index in [9.17, 15) is 9.90 Å². The lowest BCUT2D eigenvalue weighted by Gasteiger charge is -2.30. The van der Waals surface area contributed by atoms with E-state index in [0.29, 0.717) is 19.7 Å². The van der Waals surface area contributed by atoms with E-state index in [1.807, 2.05) is 6.92 Å². The molecule has 2 heterocycles. The number of carbonyl (C=O) groups is 1. The topological polar surface area (TPSA) is 61.8 Å². The molecule has 0 aromatic rings. The van der Waals surface area contributed by atoms with Crippen LogP contribution in [0.5, 0.6) is 0 Å². The Morgan fingerprint density at radius 2 is 2.27 bits per heavy atom. The molecule has 2 aliphatic heterocycles. The number of aliphatic hydroxyl groups is 1. The maximum atomic E-state index is 11.8. The number of aliphatic hydroxyl groups excluding tert-OH is 1. The number of nitrogens with one attached hydrogen (secondary N) is 1. The number of ether oxygens (including phenoxy) is 1. The van der Waals surface area contributed by atoms with Crippen LogP contribution >= 0.6 is 0 Å². The summed E-state index contributed by atoms with van der Waals surface area (Å²) in [6.45, 7) is 4.96. The van der Waals surface area contributed by atoms with E-state index in [0.717, 1.165) is 13.1 Å². The van der Waals surface area contributed by atoms with Crippen LogP contribution < -0.4 is 5.32 Å². The van der Waals surface area contributed by atoms with E-state index in [4.69, 9.17) is 4.74 Å². The van der Waals surface area contributed by atoms with Gasteiger partial charge in [0.05, 0.1) is 12.0 Å². The summed E-state index contributed by atoms with van der Waals surface area (Å²) in [5.41, 5.74) is 0. The van der Waals surface area contributed by atoms with Crippen LogP contribution in [-0.2, 0) is 9.53 Å². The third-order valence-electron chi connectivity index (χ3n) is 3.06. The van der Waals surface area contributed by atoms with Gasteiger partial charge in [0.15, 0.2) is 0 Å². The van der Waals surface area contributed by atoms with Gasteiger partial charge in [0.2, 0.25) is 5.91 Å². The van der Waals surface area contributed by atoms with Crippen molar-refractivity contribution >= 4 is 5.91 Å². The number of hydrogen-bond acceptors (Lipinski definition) is 4. The molecule has 1 amide bonds. The fraction of sp³-hybridized carbons (Fsp3) is 0.900. The van der Waals surface area contributed by atoms with Gasteiger partial charge in [-0.1, -0.05) is 0 Å². The van der Waals surface area contributed by atoms with E-state index < -0.39 is 6.10 Å². The Morgan fingerprint density at radius 1 is 1.53 bits per heavy atom. The molecule has 5 heteroatoms. The normalized spacial score (nSPS) is 31.7. The highest BCUT2D eigenvalue weighted by Crippen LogP contribution is 2.17. The first kappa shape index (κ1) is 10.9. The Bertz CT molecular complexity index is 243. The summed E-state index contributed by atoms with van der Waals surface area (Å²) in [5.74, 6) is 0.257. The molecule has 2 aliphatic rings. The lowest BCUT2D eigenvalue weighted by atomic mass is 10.0. The van der Waals surface area contributed by atoms with Crippen molar-refractivity contribution in [3.63, 3.8) is 0 Å². The van der Waals surface area contributed by atoms with Crippen LogP contribution in [0.4, 0.5) is 0 Å². The zero-order valence-electron chi connectivity index (χ0n) is 8.98. The summed E-state index contributed by atoms with van der Waals surface area (Å²) in [6, 6.07) is 0. The van der Waals surface area contributed by atoms with Gasteiger partial charge in [0, 0.05) is 32.8 Å². The lowest BCUT2D eigenvalue weighted by molar-refractivity contribution is -0.136. The zero-order chi connectivity index (χ0) is 10.8. The number of β-amino-alcohol motifs (C(OH)–C–C–N with tert-alkyl or cyclic N) is 1. The minimum Gasteiger partial charge on any atom is -0.388 e. The van der Waals surface area contributed by atoms with Gasteiger partial charge < -0.3 is 20.1 Å². The molecule has 0 saturated carbocycles. The molecule has 2 N–H and O–H groups in total. The largest absolute Gasteiger partial charge is 0.388 e. The van der Waals surface area contributed by atoms with Crippen molar-refractivity contribution < 1.29 is 14.6 Å². The summed E-state index contributed by atoms with van der Waals surface area (Å²) in [4.78, 5) is 13.6. The molecule has 2 fully saturated rings. The zero-order valence-corrected chi connectivity index (χ0v) is 8.98. The van der Waals surface area contributed by atoms with Crippen molar-refractivity contribution in [2.45, 2.75) is 19.1 Å². The van der Waals surface area contributed by atoms with Crippen molar-refractivity contribution in [1.82, 2.24) is 10.2 Å². The minimum atomic E-state index is -0.526. The molecule has 5 nitrogen and oxygen atoms in total. The number of carbonyl (C=O) groups excluding carboxylic acids is 1. The minimum absolute atomic E-state index is 0.109. The van der Waals surface area contributed by atoms with E-state index in [2.05, 4.69) is 5.32 Å². The average molecular weight is 214 g/mol. The Balaban J connectivity index is 1.87. The van der Waals surface area contributed by atoms with E-state index in [1.54, 1.807) is 4.90 Å². The standard InChI is InChI=1S/C10H18N2O3/c1-2-15-9-6-12(5-8(9)13)10(14)7-3-11-4-7/h7-9,11,13H,2-6H2,1H3/t8-,9+/m0/s1. The molecule has 0 aliphatic carbocycles. The van der Waals surface area contributed by atoms with Gasteiger partial charge in [-0.15, -0.1) is 0 Å². The predicted molar refractivity (Wildman–Crippen MR) is 54.4 cm³/mol. The van der Waals surface area contributed by atoms with Crippen LogP contribution in [-0.4, -0.2) is 60.9 Å². The number of amides is 1. The molecular formula is C10H18N2O3. The number of likely N-dealkylation sites (tertiary alicyclic amines) is 1. The summed E-state index contributed by atoms with van der Waals surface area (Å²) in [6.07, 6.45) is -0.728. The third kappa shape index (κ3) is 2.14. The Hall–Kier alpha value is -0.650. The van der Waals surface area contributed by atoms with Crippen molar-refractivity contribution in [2.75, 3.05) is 32.8 Å². The van der Waals surface area contributed by atoms with Gasteiger partial charge in [0.25, 0.3) is 0 Å². The summed E-state index contributed by atoms with van der Waals surface area (Å²) in [7, 11) is 0. The first-order valence-electron chi connectivity index (χ1n) is 5.51. The highest BCUT2D eigenvalue weighted by molar-refractivity contribution is 5.80. The maximum Gasteiger partial charge on any atom is 0.228 e. The average Bonchev–Trinajstić information content (AvgIpc) is 2.46. The van der Waals surface area contributed by atoms with Crippen LogP contribution in [0.1, 0.15) is 6.92 Å². The van der Waals surface area contributed by atoms with Gasteiger partial charge in [-0.05, 0) is 6.92 Å². The molecule has 0 unspecified atom stereocenters. The second kappa shape index (κ2) is 4.47. The van der Waals surface area contributed by atoms with Crippen LogP contribution in [0.2, 0.25) is 0 Å². The smallest absolute Gasteiger partial charge is 0.228 e. The van der Waals surface area contributed by atoms with Crippen molar-refractivity contribution in [3.8, 4) is 0 Å². The summed E-state index contributed by atoms with van der Waals surface area (Å²) < 4.78 is 5.37. The SMILES string of the molecule is CCO[C@@H]1CN(C(=O)C2CNC2)C[C@@H]1O. The maximum absolute atomic E-state index is 11.8. The molecule has 0 bridgehead atoms. The molecule has 0 aromatic heterocycles. The van der Waals surface area contributed by atoms with Crippen LogP contribution in [0.25, 0.3) is 0 Å². The third-order valence-corrected chi connectivity index (χ3v) is 3.06. The van der Waals surface area contributed by atoms with E-state index in [-0.39, 0.29) is 17.9 Å². The van der Waals surface area contributed by atoms with Crippen LogP contribution in [0.3, 0.4) is 0 Å². The van der Waals surface area contributed by atoms with Gasteiger partial charge >= 0.3 is 0 Å². The van der Waals surface area contributed by atoms with Crippen LogP contribution in [0, 0.1) is 5.92 Å². The van der Waals surface area contributed by atoms with E-state index >= 15 is 0 Å². The number of hydrogen-bond donors (Lipinski definition) is 2. The number of rotatable bonds is 3. The lowest BCUT2D eigenvalue weighted by Crippen LogP contribution is -2.51. The first-order chi connectivity index (χ1) is 7.22. The quantitative estimate of drug-likeness (QED) is 0.620. The monoisotopic (exact) mass is 214 g/mol. The van der Waals surface area contributed by atoms with Gasteiger partial charge in [-0.2, -0.15) is 0 Å². The molecule has 2 rings (SSSR count). The first-order valence-corrected chi connectivity index (χ1v) is 5.51. The predicted octanol–water partition coefficient (Wildman–Crippen LogP) is -1.19. The molecule has 15 heavy (non-hydrogen) atoms. The molecule has 86 valence electrons. The van der Waals surface area contributed by atoms with Crippen LogP contribution in [0.15, 0.2) is 0 Å². The summed E-state index contributed by atoms with van der Waals surface area (Å²) >= 11 is 0. The Kier molecular flexibility index (Phi) is 3.23. The van der Waals surface area contributed by atoms with E-state index in [1.165, 1.54) is 0 Å². The molecule has 0 aromatic carbocycles. The Morgan fingerprint density at radius 3 is 2.80 bits per heavy atom. The van der Waals surface area contributed by atoms with Crippen molar-refractivity contribution in [3.05, 3.63) is 0 Å². The van der Waals surface area contributed by atoms with Crippen molar-refractivity contribution in [1.29, 1.82) is 0 Å².